The summed E-state index contributed by atoms with van der Waals surface area (Å²) in [5, 5.41) is 9.23. The molecule has 1 aromatic rings. The molecule has 0 spiro atoms. The van der Waals surface area contributed by atoms with Gasteiger partial charge in [-0.3, -0.25) is 0 Å². The predicted molar refractivity (Wildman–Crippen MR) is 58.4 cm³/mol. The summed E-state index contributed by atoms with van der Waals surface area (Å²) >= 11 is 0. The number of rotatable bonds is 2. The Hall–Kier alpha value is -0.820. The zero-order valence-electron chi connectivity index (χ0n) is 8.74. The minimum absolute atomic E-state index is 0.338. The van der Waals surface area contributed by atoms with Gasteiger partial charge in [0.2, 0.25) is 0 Å². The lowest BCUT2D eigenvalue weighted by atomic mass is 9.76. The first kappa shape index (κ1) is 9.72. The lowest BCUT2D eigenvalue weighted by Gasteiger charge is -2.30. The van der Waals surface area contributed by atoms with E-state index in [4.69, 9.17) is 0 Å². The number of aliphatic hydroxyl groups is 1. The third kappa shape index (κ3) is 1.69. The molecular formula is C13H18O. The van der Waals surface area contributed by atoms with E-state index in [0.717, 1.165) is 12.8 Å². The third-order valence-electron chi connectivity index (χ3n) is 3.37. The van der Waals surface area contributed by atoms with Crippen LogP contribution < -0.4 is 0 Å². The highest BCUT2D eigenvalue weighted by Gasteiger charge is 2.24. The van der Waals surface area contributed by atoms with Crippen molar-refractivity contribution in [1.29, 1.82) is 0 Å². The molecule has 0 bridgehead atoms. The quantitative estimate of drug-likeness (QED) is 0.760. The van der Waals surface area contributed by atoms with Crippen LogP contribution in [-0.4, -0.2) is 11.7 Å². The Morgan fingerprint density at radius 1 is 1.36 bits per heavy atom. The second-order valence-electron chi connectivity index (χ2n) is 4.29. The summed E-state index contributed by atoms with van der Waals surface area (Å²) in [6, 6.07) is 8.68. The first-order valence-corrected chi connectivity index (χ1v) is 5.53. The number of aliphatic hydroxyl groups excluding tert-OH is 1. The minimum atomic E-state index is 0.338. The first-order chi connectivity index (χ1) is 6.85. The van der Waals surface area contributed by atoms with Crippen LogP contribution in [0.2, 0.25) is 0 Å². The van der Waals surface area contributed by atoms with Crippen molar-refractivity contribution in [3.8, 4) is 0 Å². The van der Waals surface area contributed by atoms with E-state index in [9.17, 15) is 5.11 Å². The van der Waals surface area contributed by atoms with Crippen LogP contribution in [0.1, 0.15) is 36.8 Å². The van der Waals surface area contributed by atoms with Gasteiger partial charge in [0.25, 0.3) is 0 Å². The summed E-state index contributed by atoms with van der Waals surface area (Å²) in [5.41, 5.74) is 2.96. The molecule has 2 atom stereocenters. The van der Waals surface area contributed by atoms with Crippen molar-refractivity contribution in [2.24, 2.45) is 5.92 Å². The average Bonchev–Trinajstić information content (AvgIpc) is 2.27. The highest BCUT2D eigenvalue weighted by molar-refractivity contribution is 5.33. The van der Waals surface area contributed by atoms with Crippen molar-refractivity contribution in [3.63, 3.8) is 0 Å². The third-order valence-corrected chi connectivity index (χ3v) is 3.37. The minimum Gasteiger partial charge on any atom is -0.396 e. The Morgan fingerprint density at radius 2 is 2.14 bits per heavy atom. The van der Waals surface area contributed by atoms with E-state index >= 15 is 0 Å². The van der Waals surface area contributed by atoms with E-state index in [2.05, 4.69) is 31.2 Å². The Balaban J connectivity index is 2.31. The van der Waals surface area contributed by atoms with Crippen LogP contribution in [0.4, 0.5) is 0 Å². The Kier molecular flexibility index (Phi) is 2.87. The van der Waals surface area contributed by atoms with Gasteiger partial charge in [-0.2, -0.15) is 0 Å². The highest BCUT2D eigenvalue weighted by atomic mass is 16.3. The molecule has 1 nitrogen and oxygen atoms in total. The van der Waals surface area contributed by atoms with Crippen LogP contribution in [0.15, 0.2) is 24.3 Å². The smallest absolute Gasteiger partial charge is 0.0462 e. The van der Waals surface area contributed by atoms with Crippen LogP contribution >= 0.6 is 0 Å². The van der Waals surface area contributed by atoms with Gasteiger partial charge in [-0.15, -0.1) is 0 Å². The summed E-state index contributed by atoms with van der Waals surface area (Å²) in [4.78, 5) is 0. The molecule has 0 radical (unpaired) electrons. The molecule has 2 unspecified atom stereocenters. The van der Waals surface area contributed by atoms with E-state index in [1.165, 1.54) is 17.5 Å². The van der Waals surface area contributed by atoms with E-state index in [-0.39, 0.29) is 0 Å². The van der Waals surface area contributed by atoms with Crippen molar-refractivity contribution >= 4 is 0 Å². The zero-order chi connectivity index (χ0) is 9.97. The zero-order valence-corrected chi connectivity index (χ0v) is 8.74. The number of hydrogen-bond acceptors (Lipinski definition) is 1. The molecule has 0 aromatic heterocycles. The largest absolute Gasteiger partial charge is 0.396 e. The fraction of sp³-hybridized carbons (Fsp3) is 0.538. The maximum absolute atomic E-state index is 9.23. The van der Waals surface area contributed by atoms with Gasteiger partial charge in [0.15, 0.2) is 0 Å². The molecule has 2 rings (SSSR count). The van der Waals surface area contributed by atoms with Crippen LogP contribution in [0.5, 0.6) is 0 Å². The van der Waals surface area contributed by atoms with Gasteiger partial charge in [-0.05, 0) is 42.2 Å². The van der Waals surface area contributed by atoms with E-state index < -0.39 is 0 Å². The molecular weight excluding hydrogens is 172 g/mol. The molecule has 1 heteroatoms. The van der Waals surface area contributed by atoms with Crippen LogP contribution in [0, 0.1) is 5.92 Å². The Bertz CT molecular complexity index is 306. The maximum atomic E-state index is 9.23. The lowest BCUT2D eigenvalue weighted by Crippen LogP contribution is -2.20. The van der Waals surface area contributed by atoms with E-state index in [1.807, 2.05) is 0 Å². The number of hydrogen-bond donors (Lipinski definition) is 1. The molecule has 0 saturated heterocycles. The normalized spacial score (nSPS) is 25.9. The molecule has 0 heterocycles. The summed E-state index contributed by atoms with van der Waals surface area (Å²) in [5.74, 6) is 1.15. The second-order valence-corrected chi connectivity index (χ2v) is 4.29. The fourth-order valence-electron chi connectivity index (χ4n) is 2.57. The fourth-order valence-corrected chi connectivity index (χ4v) is 2.57. The molecule has 14 heavy (non-hydrogen) atoms. The summed E-state index contributed by atoms with van der Waals surface area (Å²) in [6.45, 7) is 2.58. The van der Waals surface area contributed by atoms with Gasteiger partial charge in [0, 0.05) is 6.61 Å². The molecule has 76 valence electrons. The predicted octanol–water partition coefficient (Wildman–Crippen LogP) is 2.73. The SMILES string of the molecule is CCC1CC(CO)Cc2ccccc21. The van der Waals surface area contributed by atoms with Gasteiger partial charge >= 0.3 is 0 Å². The molecule has 0 aliphatic heterocycles. The summed E-state index contributed by atoms with van der Waals surface area (Å²) < 4.78 is 0. The van der Waals surface area contributed by atoms with Gasteiger partial charge in [0.1, 0.15) is 0 Å². The molecule has 1 aromatic carbocycles. The van der Waals surface area contributed by atoms with Gasteiger partial charge in [-0.25, -0.2) is 0 Å². The second kappa shape index (κ2) is 4.14. The van der Waals surface area contributed by atoms with Crippen molar-refractivity contribution in [2.45, 2.75) is 32.1 Å². The van der Waals surface area contributed by atoms with Crippen LogP contribution in [0.25, 0.3) is 0 Å². The van der Waals surface area contributed by atoms with Gasteiger partial charge in [0.05, 0.1) is 0 Å². The van der Waals surface area contributed by atoms with E-state index in [1.54, 1.807) is 0 Å². The Labute approximate surface area is 85.8 Å². The summed E-state index contributed by atoms with van der Waals surface area (Å²) in [6.07, 6.45) is 3.40. The summed E-state index contributed by atoms with van der Waals surface area (Å²) in [7, 11) is 0. The van der Waals surface area contributed by atoms with E-state index in [0.29, 0.717) is 18.4 Å². The highest BCUT2D eigenvalue weighted by Crippen LogP contribution is 2.36. The monoisotopic (exact) mass is 190 g/mol. The number of benzene rings is 1. The van der Waals surface area contributed by atoms with Gasteiger partial charge < -0.3 is 5.11 Å². The molecule has 1 N–H and O–H groups in total. The lowest BCUT2D eigenvalue weighted by molar-refractivity contribution is 0.202. The Morgan fingerprint density at radius 3 is 2.86 bits per heavy atom. The average molecular weight is 190 g/mol. The van der Waals surface area contributed by atoms with Crippen molar-refractivity contribution < 1.29 is 5.11 Å². The van der Waals surface area contributed by atoms with Crippen molar-refractivity contribution in [1.82, 2.24) is 0 Å². The molecule has 0 amide bonds. The van der Waals surface area contributed by atoms with Gasteiger partial charge in [-0.1, -0.05) is 31.2 Å². The molecule has 1 aliphatic rings. The topological polar surface area (TPSA) is 20.2 Å². The maximum Gasteiger partial charge on any atom is 0.0462 e. The molecule has 1 aliphatic carbocycles. The number of fused-ring (bicyclic) bond motifs is 1. The first-order valence-electron chi connectivity index (χ1n) is 5.53. The molecule has 0 saturated carbocycles. The van der Waals surface area contributed by atoms with Crippen molar-refractivity contribution in [3.05, 3.63) is 35.4 Å². The standard InChI is InChI=1S/C13H18O/c1-2-11-7-10(9-14)8-12-5-3-4-6-13(11)12/h3-6,10-11,14H,2,7-9H2,1H3. The molecule has 0 fully saturated rings. The van der Waals surface area contributed by atoms with Crippen LogP contribution in [0.3, 0.4) is 0 Å². The van der Waals surface area contributed by atoms with Crippen LogP contribution in [-0.2, 0) is 6.42 Å². The van der Waals surface area contributed by atoms with Crippen molar-refractivity contribution in [2.75, 3.05) is 6.61 Å².